The number of ether oxygens (including phenoxy) is 1. The van der Waals surface area contributed by atoms with Crippen molar-refractivity contribution in [1.82, 2.24) is 25.4 Å². The molecular formula is C21H33N5O4. The lowest BCUT2D eigenvalue weighted by molar-refractivity contribution is -0.132. The Morgan fingerprint density at radius 3 is 2.47 bits per heavy atom. The van der Waals surface area contributed by atoms with Crippen LogP contribution in [0.25, 0.3) is 0 Å². The van der Waals surface area contributed by atoms with Gasteiger partial charge in [0.15, 0.2) is 0 Å². The predicted molar refractivity (Wildman–Crippen MR) is 109 cm³/mol. The first-order chi connectivity index (χ1) is 14.6. The van der Waals surface area contributed by atoms with E-state index in [-0.39, 0.29) is 30.3 Å². The van der Waals surface area contributed by atoms with E-state index < -0.39 is 0 Å². The molecule has 3 aliphatic heterocycles. The van der Waals surface area contributed by atoms with Crippen molar-refractivity contribution in [3.63, 3.8) is 0 Å². The van der Waals surface area contributed by atoms with Crippen molar-refractivity contribution in [1.29, 1.82) is 0 Å². The number of hydrogen-bond acceptors (Lipinski definition) is 7. The highest BCUT2D eigenvalue weighted by atomic mass is 16.6. The number of carbonyl (C=O) groups is 2. The van der Waals surface area contributed by atoms with Gasteiger partial charge in [-0.1, -0.05) is 10.3 Å². The second-order valence-corrected chi connectivity index (χ2v) is 8.78. The first-order valence-corrected chi connectivity index (χ1v) is 11.3. The molecule has 1 atom stereocenters. The third kappa shape index (κ3) is 5.18. The summed E-state index contributed by atoms with van der Waals surface area (Å²) in [6, 6.07) is 0.500. The molecule has 166 valence electrons. The summed E-state index contributed by atoms with van der Waals surface area (Å²) in [7, 11) is 0. The van der Waals surface area contributed by atoms with E-state index in [9.17, 15) is 9.59 Å². The van der Waals surface area contributed by atoms with Crippen LogP contribution in [0, 0.1) is 12.8 Å². The number of amides is 2. The zero-order valence-electron chi connectivity index (χ0n) is 17.8. The van der Waals surface area contributed by atoms with Gasteiger partial charge in [0.2, 0.25) is 11.8 Å². The van der Waals surface area contributed by atoms with Crippen molar-refractivity contribution < 1.29 is 19.0 Å². The van der Waals surface area contributed by atoms with Gasteiger partial charge in [0.25, 0.3) is 0 Å². The van der Waals surface area contributed by atoms with E-state index in [0.717, 1.165) is 71.3 Å². The molecule has 1 unspecified atom stereocenters. The molecule has 4 heterocycles. The van der Waals surface area contributed by atoms with Gasteiger partial charge in [-0.3, -0.25) is 9.59 Å². The van der Waals surface area contributed by atoms with E-state index in [2.05, 4.69) is 25.2 Å². The summed E-state index contributed by atoms with van der Waals surface area (Å²) in [4.78, 5) is 29.4. The van der Waals surface area contributed by atoms with E-state index in [4.69, 9.17) is 4.74 Å². The Morgan fingerprint density at radius 1 is 1.07 bits per heavy atom. The Balaban J connectivity index is 1.16. The van der Waals surface area contributed by atoms with Gasteiger partial charge in [-0.15, -0.1) is 0 Å². The van der Waals surface area contributed by atoms with Gasteiger partial charge in [0.1, 0.15) is 11.4 Å². The van der Waals surface area contributed by atoms with Crippen LogP contribution in [0.1, 0.15) is 49.9 Å². The number of carbonyl (C=O) groups excluding carboxylic acids is 2. The van der Waals surface area contributed by atoms with Crippen molar-refractivity contribution >= 4 is 11.8 Å². The summed E-state index contributed by atoms with van der Waals surface area (Å²) in [5, 5.41) is 10.6. The Bertz CT molecular complexity index is 717. The van der Waals surface area contributed by atoms with E-state index in [0.29, 0.717) is 24.0 Å². The molecule has 2 amide bonds. The van der Waals surface area contributed by atoms with Crippen molar-refractivity contribution in [3.8, 4) is 0 Å². The first kappa shape index (κ1) is 21.2. The van der Waals surface area contributed by atoms with Crippen LogP contribution in [0.5, 0.6) is 0 Å². The normalized spacial score (nSPS) is 24.3. The molecule has 9 nitrogen and oxygen atoms in total. The van der Waals surface area contributed by atoms with E-state index in [1.807, 2.05) is 4.90 Å². The second kappa shape index (κ2) is 9.87. The summed E-state index contributed by atoms with van der Waals surface area (Å²) in [6.07, 6.45) is 6.40. The van der Waals surface area contributed by atoms with Crippen LogP contribution in [-0.2, 0) is 20.7 Å². The smallest absolute Gasteiger partial charge is 0.228 e. The SMILES string of the molecule is Cc1nonc1CC(=O)N1CCC(N2CCC(C(=O)NCC3CCCO3)CC2)CC1. The number of hydrogen-bond donors (Lipinski definition) is 1. The molecule has 0 bridgehead atoms. The highest BCUT2D eigenvalue weighted by molar-refractivity contribution is 5.79. The summed E-state index contributed by atoms with van der Waals surface area (Å²) in [5.41, 5.74) is 1.31. The minimum absolute atomic E-state index is 0.0915. The van der Waals surface area contributed by atoms with Crippen LogP contribution in [0.15, 0.2) is 4.63 Å². The van der Waals surface area contributed by atoms with Crippen LogP contribution in [-0.4, -0.2) is 83.4 Å². The van der Waals surface area contributed by atoms with Gasteiger partial charge in [-0.2, -0.15) is 0 Å². The molecule has 3 saturated heterocycles. The third-order valence-electron chi connectivity index (χ3n) is 6.83. The molecular weight excluding hydrogens is 386 g/mol. The molecule has 1 aromatic heterocycles. The Kier molecular flexibility index (Phi) is 6.99. The number of aromatic nitrogens is 2. The number of nitrogens with zero attached hydrogens (tertiary/aromatic N) is 4. The van der Waals surface area contributed by atoms with Gasteiger partial charge >= 0.3 is 0 Å². The van der Waals surface area contributed by atoms with Crippen LogP contribution >= 0.6 is 0 Å². The molecule has 9 heteroatoms. The molecule has 1 aromatic rings. The maximum Gasteiger partial charge on any atom is 0.228 e. The fourth-order valence-electron chi connectivity index (χ4n) is 4.84. The zero-order chi connectivity index (χ0) is 20.9. The molecule has 0 aromatic carbocycles. The highest BCUT2D eigenvalue weighted by Crippen LogP contribution is 2.24. The van der Waals surface area contributed by atoms with E-state index in [1.54, 1.807) is 6.92 Å². The molecule has 0 spiro atoms. The van der Waals surface area contributed by atoms with E-state index >= 15 is 0 Å². The first-order valence-electron chi connectivity index (χ1n) is 11.3. The van der Waals surface area contributed by atoms with Crippen molar-refractivity contribution in [2.45, 2.75) is 64.0 Å². The predicted octanol–water partition coefficient (Wildman–Crippen LogP) is 0.919. The summed E-state index contributed by atoms with van der Waals surface area (Å²) >= 11 is 0. The molecule has 0 radical (unpaired) electrons. The minimum Gasteiger partial charge on any atom is -0.376 e. The van der Waals surface area contributed by atoms with Gasteiger partial charge in [0.05, 0.1) is 12.5 Å². The van der Waals surface area contributed by atoms with E-state index in [1.165, 1.54) is 0 Å². The average Bonchev–Trinajstić information content (AvgIpc) is 3.44. The van der Waals surface area contributed by atoms with Gasteiger partial charge < -0.3 is 19.9 Å². The lowest BCUT2D eigenvalue weighted by Gasteiger charge is -2.41. The largest absolute Gasteiger partial charge is 0.376 e. The Labute approximate surface area is 177 Å². The zero-order valence-corrected chi connectivity index (χ0v) is 17.8. The number of piperidine rings is 2. The fraction of sp³-hybridized carbons (Fsp3) is 0.810. The third-order valence-corrected chi connectivity index (χ3v) is 6.83. The molecule has 0 aliphatic carbocycles. The number of aryl methyl sites for hydroxylation is 1. The molecule has 0 saturated carbocycles. The molecule has 30 heavy (non-hydrogen) atoms. The maximum atomic E-state index is 12.5. The van der Waals surface area contributed by atoms with Crippen molar-refractivity contribution in [3.05, 3.63) is 11.4 Å². The summed E-state index contributed by atoms with van der Waals surface area (Å²) in [6.45, 7) is 6.74. The molecule has 1 N–H and O–H groups in total. The van der Waals surface area contributed by atoms with Gasteiger partial charge in [0, 0.05) is 38.2 Å². The number of likely N-dealkylation sites (tertiary alicyclic amines) is 2. The molecule has 4 rings (SSSR count). The van der Waals surface area contributed by atoms with Crippen LogP contribution < -0.4 is 5.32 Å². The van der Waals surface area contributed by atoms with Crippen molar-refractivity contribution in [2.24, 2.45) is 5.92 Å². The van der Waals surface area contributed by atoms with Gasteiger partial charge in [-0.25, -0.2) is 4.63 Å². The second-order valence-electron chi connectivity index (χ2n) is 8.78. The Hall–Kier alpha value is -2.00. The standard InChI is InChI=1S/C21H33N5O4/c1-15-19(24-30-23-15)13-20(27)26-10-6-17(7-11-26)25-8-4-16(5-9-25)21(28)22-14-18-3-2-12-29-18/h16-18H,2-14H2,1H3,(H,22,28). The van der Waals surface area contributed by atoms with Crippen LogP contribution in [0.3, 0.4) is 0 Å². The highest BCUT2D eigenvalue weighted by Gasteiger charge is 2.32. The number of nitrogens with one attached hydrogen (secondary N) is 1. The molecule has 3 fully saturated rings. The lowest BCUT2D eigenvalue weighted by Crippen LogP contribution is -2.50. The van der Waals surface area contributed by atoms with Crippen LogP contribution in [0.2, 0.25) is 0 Å². The average molecular weight is 420 g/mol. The monoisotopic (exact) mass is 419 g/mol. The quantitative estimate of drug-likeness (QED) is 0.732. The minimum atomic E-state index is 0.0915. The lowest BCUT2D eigenvalue weighted by atomic mass is 9.92. The number of rotatable bonds is 6. The maximum absolute atomic E-state index is 12.5. The van der Waals surface area contributed by atoms with Crippen molar-refractivity contribution in [2.75, 3.05) is 39.3 Å². The van der Waals surface area contributed by atoms with Gasteiger partial charge in [-0.05, 0) is 58.5 Å². The topological polar surface area (TPSA) is 101 Å². The van der Waals surface area contributed by atoms with Crippen LogP contribution in [0.4, 0.5) is 0 Å². The molecule has 3 aliphatic rings. The Morgan fingerprint density at radius 2 is 1.83 bits per heavy atom. The summed E-state index contributed by atoms with van der Waals surface area (Å²) in [5.74, 6) is 0.390. The fourth-order valence-corrected chi connectivity index (χ4v) is 4.84. The summed E-state index contributed by atoms with van der Waals surface area (Å²) < 4.78 is 10.3.